The van der Waals surface area contributed by atoms with E-state index in [2.05, 4.69) is 0 Å². The maximum Gasteiger partial charge on any atom is 0.295 e. The molecular weight excluding hydrogens is 408 g/mol. The molecule has 1 atom stereocenters. The average molecular weight is 439 g/mol. The minimum atomic E-state index is -0.748. The topological polar surface area (TPSA) is 79.3 Å². The standard InChI is InChI=1S/C25H30N2O5/c1-5-16-32-18-12-10-17(11-13-18)23(28)21-22(19-8-6-7-9-20(19)31-4)27(15-14-26(2)3)25(30)24(21)29/h6-13,22,28H,5,14-16H2,1-4H3/b23-21+. The quantitative estimate of drug-likeness (QED) is 0.367. The van der Waals surface area contributed by atoms with E-state index in [1.807, 2.05) is 44.1 Å². The van der Waals surface area contributed by atoms with Crippen LogP contribution in [0.2, 0.25) is 0 Å². The number of amides is 1. The summed E-state index contributed by atoms with van der Waals surface area (Å²) in [6, 6.07) is 13.3. The number of carbonyl (C=O) groups excluding carboxylic acids is 2. The molecule has 0 bridgehead atoms. The van der Waals surface area contributed by atoms with E-state index in [0.717, 1.165) is 6.42 Å². The van der Waals surface area contributed by atoms with E-state index in [-0.39, 0.29) is 11.3 Å². The first-order valence-electron chi connectivity index (χ1n) is 10.7. The van der Waals surface area contributed by atoms with Gasteiger partial charge in [0.25, 0.3) is 11.7 Å². The summed E-state index contributed by atoms with van der Waals surface area (Å²) in [6.45, 7) is 3.52. The summed E-state index contributed by atoms with van der Waals surface area (Å²) in [4.78, 5) is 29.5. The normalized spacial score (nSPS) is 17.8. The molecule has 0 saturated carbocycles. The van der Waals surface area contributed by atoms with Crippen molar-refractivity contribution in [2.75, 3.05) is 40.9 Å². The third-order valence-corrected chi connectivity index (χ3v) is 5.36. The van der Waals surface area contributed by atoms with Gasteiger partial charge in [-0.05, 0) is 50.8 Å². The zero-order chi connectivity index (χ0) is 23.3. The van der Waals surface area contributed by atoms with Gasteiger partial charge in [0.15, 0.2) is 0 Å². The van der Waals surface area contributed by atoms with Crippen molar-refractivity contribution in [1.82, 2.24) is 9.80 Å². The van der Waals surface area contributed by atoms with Gasteiger partial charge in [0.1, 0.15) is 17.3 Å². The average Bonchev–Trinajstić information content (AvgIpc) is 3.05. The van der Waals surface area contributed by atoms with Crippen LogP contribution in [0, 0.1) is 0 Å². The van der Waals surface area contributed by atoms with Gasteiger partial charge in [-0.1, -0.05) is 25.1 Å². The van der Waals surface area contributed by atoms with Gasteiger partial charge in [0, 0.05) is 24.2 Å². The zero-order valence-electron chi connectivity index (χ0n) is 19.0. The molecule has 0 aliphatic carbocycles. The second-order valence-corrected chi connectivity index (χ2v) is 7.91. The van der Waals surface area contributed by atoms with E-state index in [0.29, 0.717) is 42.3 Å². The Morgan fingerprint density at radius 3 is 2.41 bits per heavy atom. The number of likely N-dealkylation sites (tertiary alicyclic amines) is 1. The molecular formula is C25H30N2O5. The Bertz CT molecular complexity index is 998. The molecule has 1 N–H and O–H groups in total. The van der Waals surface area contributed by atoms with Gasteiger partial charge in [0.2, 0.25) is 0 Å². The highest BCUT2D eigenvalue weighted by Crippen LogP contribution is 2.42. The van der Waals surface area contributed by atoms with Gasteiger partial charge in [0.05, 0.1) is 25.3 Å². The second kappa shape index (κ2) is 10.3. The summed E-state index contributed by atoms with van der Waals surface area (Å²) in [5.74, 6) is -0.330. The lowest BCUT2D eigenvalue weighted by Crippen LogP contribution is -2.35. The Morgan fingerprint density at radius 2 is 1.78 bits per heavy atom. The number of rotatable bonds is 9. The summed E-state index contributed by atoms with van der Waals surface area (Å²) in [5, 5.41) is 11.2. The number of nitrogens with zero attached hydrogens (tertiary/aromatic N) is 2. The minimum absolute atomic E-state index is 0.0560. The van der Waals surface area contributed by atoms with Crippen LogP contribution in [-0.2, 0) is 9.59 Å². The van der Waals surface area contributed by atoms with E-state index in [4.69, 9.17) is 9.47 Å². The van der Waals surface area contributed by atoms with E-state index in [9.17, 15) is 14.7 Å². The van der Waals surface area contributed by atoms with Gasteiger partial charge in [-0.15, -0.1) is 0 Å². The molecule has 7 nitrogen and oxygen atoms in total. The summed E-state index contributed by atoms with van der Waals surface area (Å²) in [5.41, 5.74) is 1.15. The third kappa shape index (κ3) is 4.78. The van der Waals surface area contributed by atoms with Crippen LogP contribution in [0.5, 0.6) is 11.5 Å². The maximum atomic E-state index is 13.1. The van der Waals surface area contributed by atoms with Crippen molar-refractivity contribution in [2.45, 2.75) is 19.4 Å². The van der Waals surface area contributed by atoms with Crippen LogP contribution < -0.4 is 9.47 Å². The van der Waals surface area contributed by atoms with Crippen LogP contribution >= 0.6 is 0 Å². The van der Waals surface area contributed by atoms with Crippen LogP contribution in [0.4, 0.5) is 0 Å². The molecule has 1 aliphatic rings. The predicted octanol–water partition coefficient (Wildman–Crippen LogP) is 3.47. The van der Waals surface area contributed by atoms with Gasteiger partial charge in [-0.2, -0.15) is 0 Å². The number of ketones is 1. The lowest BCUT2D eigenvalue weighted by molar-refractivity contribution is -0.140. The number of aliphatic hydroxyl groups excluding tert-OH is 1. The van der Waals surface area contributed by atoms with Gasteiger partial charge in [-0.3, -0.25) is 9.59 Å². The van der Waals surface area contributed by atoms with Gasteiger partial charge < -0.3 is 24.4 Å². The van der Waals surface area contributed by atoms with E-state index in [1.54, 1.807) is 37.4 Å². The molecule has 2 aromatic rings. The molecule has 1 amide bonds. The van der Waals surface area contributed by atoms with E-state index < -0.39 is 17.7 Å². The molecule has 7 heteroatoms. The van der Waals surface area contributed by atoms with Crippen LogP contribution in [0.25, 0.3) is 5.76 Å². The summed E-state index contributed by atoms with van der Waals surface area (Å²) < 4.78 is 11.1. The number of benzene rings is 2. The Kier molecular flexibility index (Phi) is 7.53. The van der Waals surface area contributed by atoms with Crippen LogP contribution in [0.1, 0.15) is 30.5 Å². The molecule has 1 saturated heterocycles. The molecule has 0 radical (unpaired) electrons. The third-order valence-electron chi connectivity index (χ3n) is 5.36. The first-order chi connectivity index (χ1) is 15.4. The molecule has 170 valence electrons. The monoisotopic (exact) mass is 438 g/mol. The SMILES string of the molecule is CCCOc1ccc(/C(O)=C2\C(=O)C(=O)N(CCN(C)C)C2c2ccccc2OC)cc1. The minimum Gasteiger partial charge on any atom is -0.507 e. The lowest BCUT2D eigenvalue weighted by Gasteiger charge is -2.27. The number of hydrogen-bond acceptors (Lipinski definition) is 6. The number of methoxy groups -OCH3 is 1. The van der Waals surface area contributed by atoms with Crippen LogP contribution in [0.3, 0.4) is 0 Å². The fourth-order valence-corrected chi connectivity index (χ4v) is 3.72. The van der Waals surface area contributed by atoms with Crippen molar-refractivity contribution >= 4 is 17.4 Å². The molecule has 3 rings (SSSR count). The molecule has 1 heterocycles. The Morgan fingerprint density at radius 1 is 1.09 bits per heavy atom. The molecule has 1 fully saturated rings. The van der Waals surface area contributed by atoms with Gasteiger partial charge >= 0.3 is 0 Å². The number of Topliss-reactive ketones (excluding diaryl/α,β-unsaturated/α-hetero) is 1. The molecule has 2 aromatic carbocycles. The van der Waals surface area contributed by atoms with Crippen molar-refractivity contribution in [2.24, 2.45) is 0 Å². The fraction of sp³-hybridized carbons (Fsp3) is 0.360. The van der Waals surface area contributed by atoms with Crippen molar-refractivity contribution in [3.8, 4) is 11.5 Å². The van der Waals surface area contributed by atoms with Crippen molar-refractivity contribution in [3.63, 3.8) is 0 Å². The molecule has 32 heavy (non-hydrogen) atoms. The number of likely N-dealkylation sites (N-methyl/N-ethyl adjacent to an activating group) is 1. The predicted molar refractivity (Wildman–Crippen MR) is 123 cm³/mol. The van der Waals surface area contributed by atoms with Crippen molar-refractivity contribution < 1.29 is 24.2 Å². The lowest BCUT2D eigenvalue weighted by atomic mass is 9.94. The Balaban J connectivity index is 2.10. The molecule has 0 spiro atoms. The number of aliphatic hydroxyl groups is 1. The number of para-hydroxylation sites is 1. The molecule has 0 aromatic heterocycles. The Hall–Kier alpha value is -3.32. The van der Waals surface area contributed by atoms with Crippen LogP contribution in [0.15, 0.2) is 54.1 Å². The second-order valence-electron chi connectivity index (χ2n) is 7.91. The number of ether oxygens (including phenoxy) is 2. The van der Waals surface area contributed by atoms with Crippen molar-refractivity contribution in [3.05, 3.63) is 65.2 Å². The first kappa shape index (κ1) is 23.3. The zero-order valence-corrected chi connectivity index (χ0v) is 19.0. The fourth-order valence-electron chi connectivity index (χ4n) is 3.72. The highest BCUT2D eigenvalue weighted by molar-refractivity contribution is 6.46. The Labute approximate surface area is 188 Å². The van der Waals surface area contributed by atoms with Crippen LogP contribution in [-0.4, -0.2) is 67.5 Å². The van der Waals surface area contributed by atoms with Crippen molar-refractivity contribution in [1.29, 1.82) is 0 Å². The highest BCUT2D eigenvalue weighted by atomic mass is 16.5. The number of hydrogen-bond donors (Lipinski definition) is 1. The summed E-state index contributed by atoms with van der Waals surface area (Å²) in [7, 11) is 5.34. The summed E-state index contributed by atoms with van der Waals surface area (Å²) >= 11 is 0. The summed E-state index contributed by atoms with van der Waals surface area (Å²) in [6.07, 6.45) is 0.886. The maximum absolute atomic E-state index is 13.1. The largest absolute Gasteiger partial charge is 0.507 e. The molecule has 1 unspecified atom stereocenters. The molecule has 1 aliphatic heterocycles. The van der Waals surface area contributed by atoms with E-state index in [1.165, 1.54) is 4.90 Å². The highest BCUT2D eigenvalue weighted by Gasteiger charge is 2.46. The van der Waals surface area contributed by atoms with E-state index >= 15 is 0 Å². The smallest absolute Gasteiger partial charge is 0.295 e. The first-order valence-corrected chi connectivity index (χ1v) is 10.7. The number of carbonyl (C=O) groups is 2. The van der Waals surface area contributed by atoms with Gasteiger partial charge in [-0.25, -0.2) is 0 Å².